The summed E-state index contributed by atoms with van der Waals surface area (Å²) in [6.07, 6.45) is 21.1. The van der Waals surface area contributed by atoms with E-state index in [2.05, 4.69) is 44.7 Å². The first-order chi connectivity index (χ1) is 13.5. The smallest absolute Gasteiger partial charge is 0.0149 e. The van der Waals surface area contributed by atoms with Gasteiger partial charge in [-0.15, -0.1) is 12.6 Å². The monoisotopic (exact) mass is 419 g/mol. The number of hydrogen-bond acceptors (Lipinski definition) is 3. The molecule has 158 valence electrons. The van der Waals surface area contributed by atoms with E-state index in [-0.39, 0.29) is 6.04 Å². The van der Waals surface area contributed by atoms with Crippen molar-refractivity contribution in [2.24, 2.45) is 41.2 Å². The van der Waals surface area contributed by atoms with E-state index in [0.29, 0.717) is 11.8 Å². The second kappa shape index (κ2) is 10.3. The largest absolute Gasteiger partial charge is 0.327 e. The lowest BCUT2D eigenvalue weighted by molar-refractivity contribution is 0.187. The van der Waals surface area contributed by atoms with Crippen molar-refractivity contribution in [1.29, 1.82) is 0 Å². The van der Waals surface area contributed by atoms with Crippen LogP contribution in [0.15, 0.2) is 34.3 Å². The predicted molar refractivity (Wildman–Crippen MR) is 130 cm³/mol. The van der Waals surface area contributed by atoms with Gasteiger partial charge < -0.3 is 5.73 Å². The maximum atomic E-state index is 6.74. The van der Waals surface area contributed by atoms with E-state index in [9.17, 15) is 0 Å². The van der Waals surface area contributed by atoms with E-state index in [0.717, 1.165) is 30.1 Å². The Morgan fingerprint density at radius 3 is 2.07 bits per heavy atom. The van der Waals surface area contributed by atoms with E-state index >= 15 is 0 Å². The third-order valence-electron chi connectivity index (χ3n) is 7.94. The summed E-state index contributed by atoms with van der Waals surface area (Å²) < 4.78 is 0. The first kappa shape index (κ1) is 22.6. The van der Waals surface area contributed by atoms with Crippen LogP contribution in [0.4, 0.5) is 0 Å². The Morgan fingerprint density at radius 1 is 0.893 bits per heavy atom. The summed E-state index contributed by atoms with van der Waals surface area (Å²) in [6, 6.07) is 0.271. The third kappa shape index (κ3) is 4.78. The molecule has 0 aliphatic heterocycles. The number of nitrogens with two attached hydrogens (primary N) is 1. The number of allylic oxidation sites excluding steroid dienone is 4. The van der Waals surface area contributed by atoms with Crippen molar-refractivity contribution in [3.63, 3.8) is 0 Å². The molecule has 4 aliphatic rings. The summed E-state index contributed by atoms with van der Waals surface area (Å²) in [5.74, 6) is 4.50. The average Bonchev–Trinajstić information content (AvgIpc) is 2.73. The molecule has 0 aromatic heterocycles. The van der Waals surface area contributed by atoms with Crippen LogP contribution in [0.3, 0.4) is 0 Å². The second-order valence-corrected chi connectivity index (χ2v) is 10.3. The molecule has 3 atom stereocenters. The summed E-state index contributed by atoms with van der Waals surface area (Å²) in [6.45, 7) is 4.83. The Bertz CT molecular complexity index is 604. The molecule has 2 saturated carbocycles. The quantitative estimate of drug-likeness (QED) is 0.420. The molecule has 0 bridgehead atoms. The molecule has 0 aromatic rings. The van der Waals surface area contributed by atoms with Gasteiger partial charge in [0.2, 0.25) is 0 Å². The van der Waals surface area contributed by atoms with Gasteiger partial charge in [0.1, 0.15) is 0 Å². The minimum Gasteiger partial charge on any atom is -0.327 e. The molecule has 0 spiro atoms. The number of fused-ring (bicyclic) bond motifs is 1. The molecule has 0 radical (unpaired) electrons. The predicted octanol–water partition coefficient (Wildman–Crippen LogP) is 6.83. The fourth-order valence-corrected chi connectivity index (χ4v) is 6.56. The Labute approximate surface area is 184 Å². The van der Waals surface area contributed by atoms with Crippen molar-refractivity contribution in [3.8, 4) is 0 Å². The van der Waals surface area contributed by atoms with Crippen molar-refractivity contribution in [2.45, 2.75) is 77.7 Å². The van der Waals surface area contributed by atoms with Gasteiger partial charge in [-0.2, -0.15) is 12.6 Å². The number of thiol groups is 2. The molecule has 4 aliphatic carbocycles. The highest BCUT2D eigenvalue weighted by Gasteiger charge is 2.41. The Morgan fingerprint density at radius 2 is 1.46 bits per heavy atom. The molecular weight excluding hydrogens is 378 g/mol. The van der Waals surface area contributed by atoms with Gasteiger partial charge in [0.15, 0.2) is 0 Å². The minimum atomic E-state index is 0.271. The van der Waals surface area contributed by atoms with Gasteiger partial charge in [-0.1, -0.05) is 57.8 Å². The zero-order valence-corrected chi connectivity index (χ0v) is 19.9. The van der Waals surface area contributed by atoms with E-state index in [1.54, 1.807) is 11.8 Å². The van der Waals surface area contributed by atoms with Gasteiger partial charge in [0, 0.05) is 16.9 Å². The van der Waals surface area contributed by atoms with Crippen LogP contribution in [0.25, 0.3) is 0 Å². The van der Waals surface area contributed by atoms with Crippen molar-refractivity contribution >= 4 is 25.3 Å². The third-order valence-corrected chi connectivity index (χ3v) is 8.36. The lowest BCUT2D eigenvalue weighted by Gasteiger charge is -2.45. The highest BCUT2D eigenvalue weighted by Crippen LogP contribution is 2.50. The van der Waals surface area contributed by atoms with E-state index in [1.165, 1.54) is 61.8 Å². The van der Waals surface area contributed by atoms with Crippen LogP contribution in [-0.2, 0) is 0 Å². The summed E-state index contributed by atoms with van der Waals surface area (Å²) in [4.78, 5) is 1.24. The molecule has 0 aromatic carbocycles. The SMILES string of the molecule is CC1CCC(C2=C3C(S)=CCC(N)C3C(C3CCC(C)CC3)C=C2)CC1.CS. The molecule has 3 heteroatoms. The Balaban J connectivity index is 0.00000109. The van der Waals surface area contributed by atoms with E-state index < -0.39 is 0 Å². The Hall–Kier alpha value is -0.120. The summed E-state index contributed by atoms with van der Waals surface area (Å²) in [5.41, 5.74) is 9.88. The Kier molecular flexibility index (Phi) is 8.27. The highest BCUT2D eigenvalue weighted by molar-refractivity contribution is 7.84. The number of hydrogen-bond donors (Lipinski definition) is 3. The first-order valence-corrected chi connectivity index (χ1v) is 12.9. The van der Waals surface area contributed by atoms with Crippen LogP contribution in [0.2, 0.25) is 0 Å². The summed E-state index contributed by atoms with van der Waals surface area (Å²) in [7, 11) is 0. The molecule has 2 fully saturated rings. The summed E-state index contributed by atoms with van der Waals surface area (Å²) in [5, 5.41) is 0. The van der Waals surface area contributed by atoms with Gasteiger partial charge in [0.05, 0.1) is 0 Å². The molecule has 4 rings (SSSR count). The van der Waals surface area contributed by atoms with E-state index in [4.69, 9.17) is 18.4 Å². The lowest BCUT2D eigenvalue weighted by Crippen LogP contribution is -2.43. The van der Waals surface area contributed by atoms with Gasteiger partial charge >= 0.3 is 0 Å². The second-order valence-electron chi connectivity index (χ2n) is 9.80. The van der Waals surface area contributed by atoms with Crippen molar-refractivity contribution in [1.82, 2.24) is 0 Å². The van der Waals surface area contributed by atoms with Crippen molar-refractivity contribution < 1.29 is 0 Å². The van der Waals surface area contributed by atoms with E-state index in [1.807, 2.05) is 0 Å². The van der Waals surface area contributed by atoms with Crippen LogP contribution >= 0.6 is 25.3 Å². The van der Waals surface area contributed by atoms with Crippen LogP contribution in [0.5, 0.6) is 0 Å². The maximum Gasteiger partial charge on any atom is 0.0149 e. The fraction of sp³-hybridized carbons (Fsp3) is 0.760. The van der Waals surface area contributed by atoms with Gasteiger partial charge in [-0.05, 0) is 79.1 Å². The molecular formula is C25H41NS2. The van der Waals surface area contributed by atoms with Gasteiger partial charge in [-0.25, -0.2) is 0 Å². The maximum absolute atomic E-state index is 6.74. The molecule has 3 unspecified atom stereocenters. The first-order valence-electron chi connectivity index (χ1n) is 11.6. The average molecular weight is 420 g/mol. The lowest BCUT2D eigenvalue weighted by atomic mass is 9.62. The molecule has 0 saturated heterocycles. The molecule has 28 heavy (non-hydrogen) atoms. The van der Waals surface area contributed by atoms with Crippen LogP contribution in [0, 0.1) is 35.5 Å². The fourth-order valence-electron chi connectivity index (χ4n) is 6.18. The molecule has 0 amide bonds. The number of rotatable bonds is 2. The highest BCUT2D eigenvalue weighted by atomic mass is 32.1. The zero-order valence-electron chi connectivity index (χ0n) is 18.1. The molecule has 2 N–H and O–H groups in total. The van der Waals surface area contributed by atoms with Crippen LogP contribution in [0.1, 0.15) is 71.6 Å². The summed E-state index contributed by atoms with van der Waals surface area (Å²) >= 11 is 8.48. The van der Waals surface area contributed by atoms with Gasteiger partial charge in [0.25, 0.3) is 0 Å². The topological polar surface area (TPSA) is 26.0 Å². The van der Waals surface area contributed by atoms with Crippen LogP contribution in [-0.4, -0.2) is 12.3 Å². The molecule has 1 nitrogen and oxygen atoms in total. The normalized spacial score (nSPS) is 40.9. The van der Waals surface area contributed by atoms with Crippen LogP contribution < -0.4 is 5.73 Å². The van der Waals surface area contributed by atoms with Crippen molar-refractivity contribution in [2.75, 3.05) is 6.26 Å². The van der Waals surface area contributed by atoms with Crippen molar-refractivity contribution in [3.05, 3.63) is 34.3 Å². The zero-order chi connectivity index (χ0) is 20.3. The standard InChI is InChI=1S/C24H37NS.CH4S/c1-15-3-7-17(8-4-15)19-11-12-20(18-9-5-16(2)6-10-18)24-22(26)14-13-21(25)23(19)24;1-2/h11-12,14-19,21,23,26H,3-10,13,25H2,1-2H3;2H,1H3. The minimum absolute atomic E-state index is 0.271. The molecule has 0 heterocycles. The van der Waals surface area contributed by atoms with Gasteiger partial charge in [-0.3, -0.25) is 0 Å².